The van der Waals surface area contributed by atoms with Crippen LogP contribution in [-0.4, -0.2) is 50.0 Å². The molecule has 0 radical (unpaired) electrons. The number of benzene rings is 2. The fourth-order valence-electron chi connectivity index (χ4n) is 4.40. The Kier molecular flexibility index (Phi) is 8.72. The number of hydrogen-bond acceptors (Lipinski definition) is 4. The molecule has 0 saturated heterocycles. The molecule has 0 heterocycles. The molecule has 0 aliphatic heterocycles. The van der Waals surface area contributed by atoms with E-state index in [1.54, 1.807) is 19.1 Å². The summed E-state index contributed by atoms with van der Waals surface area (Å²) in [5.74, 6) is -0.634. The lowest BCUT2D eigenvalue weighted by molar-refractivity contribution is -0.139. The van der Waals surface area contributed by atoms with Crippen molar-refractivity contribution in [1.29, 1.82) is 0 Å². The molecule has 1 aliphatic rings. The van der Waals surface area contributed by atoms with Crippen LogP contribution in [0.15, 0.2) is 54.6 Å². The van der Waals surface area contributed by atoms with Gasteiger partial charge in [-0.25, -0.2) is 8.42 Å². The summed E-state index contributed by atoms with van der Waals surface area (Å²) in [6.45, 7) is 3.49. The summed E-state index contributed by atoms with van der Waals surface area (Å²) in [6, 6.07) is 16.0. The van der Waals surface area contributed by atoms with Gasteiger partial charge < -0.3 is 10.2 Å². The number of nitrogens with one attached hydrogen (secondary N) is 1. The highest BCUT2D eigenvalue weighted by atomic mass is 32.2. The molecule has 1 atom stereocenters. The van der Waals surface area contributed by atoms with E-state index >= 15 is 0 Å². The minimum Gasteiger partial charge on any atom is -0.352 e. The van der Waals surface area contributed by atoms with Crippen molar-refractivity contribution in [1.82, 2.24) is 10.2 Å². The summed E-state index contributed by atoms with van der Waals surface area (Å²) >= 11 is 0. The van der Waals surface area contributed by atoms with Crippen molar-refractivity contribution in [3.8, 4) is 0 Å². The Bertz CT molecular complexity index is 1080. The predicted octanol–water partition coefficient (Wildman–Crippen LogP) is 3.49. The molecule has 1 fully saturated rings. The van der Waals surface area contributed by atoms with Gasteiger partial charge in [0.15, 0.2) is 0 Å². The first-order chi connectivity index (χ1) is 16.2. The summed E-state index contributed by atoms with van der Waals surface area (Å²) in [4.78, 5) is 28.1. The van der Waals surface area contributed by atoms with Gasteiger partial charge in [0.25, 0.3) is 0 Å². The third kappa shape index (κ3) is 6.59. The number of rotatable bonds is 10. The Labute approximate surface area is 203 Å². The number of nitrogens with zero attached hydrogens (tertiary/aromatic N) is 2. The zero-order valence-electron chi connectivity index (χ0n) is 20.2. The van der Waals surface area contributed by atoms with Gasteiger partial charge in [-0.1, -0.05) is 68.3 Å². The van der Waals surface area contributed by atoms with Crippen LogP contribution in [0.25, 0.3) is 0 Å². The highest BCUT2D eigenvalue weighted by molar-refractivity contribution is 7.92. The molecule has 0 bridgehead atoms. The third-order valence-corrected chi connectivity index (χ3v) is 7.51. The quantitative estimate of drug-likeness (QED) is 0.558. The van der Waals surface area contributed by atoms with Crippen LogP contribution in [0.1, 0.15) is 50.7 Å². The highest BCUT2D eigenvalue weighted by Crippen LogP contribution is 2.24. The fraction of sp³-hybridized carbons (Fsp3) is 0.462. The maximum Gasteiger partial charge on any atom is 0.244 e. The monoisotopic (exact) mass is 485 g/mol. The highest BCUT2D eigenvalue weighted by Gasteiger charge is 2.31. The number of para-hydroxylation sites is 1. The summed E-state index contributed by atoms with van der Waals surface area (Å²) in [5.41, 5.74) is 2.20. The van der Waals surface area contributed by atoms with Crippen LogP contribution in [0.2, 0.25) is 0 Å². The first kappa shape index (κ1) is 25.7. The van der Waals surface area contributed by atoms with Gasteiger partial charge in [-0.2, -0.15) is 0 Å². The Hall–Kier alpha value is -2.87. The van der Waals surface area contributed by atoms with E-state index in [9.17, 15) is 18.0 Å². The average molecular weight is 486 g/mol. The molecule has 2 aromatic rings. The van der Waals surface area contributed by atoms with Crippen molar-refractivity contribution in [2.24, 2.45) is 0 Å². The van der Waals surface area contributed by atoms with E-state index in [1.165, 1.54) is 4.90 Å². The van der Waals surface area contributed by atoms with Crippen LogP contribution < -0.4 is 9.62 Å². The van der Waals surface area contributed by atoms with Crippen molar-refractivity contribution < 1.29 is 18.0 Å². The van der Waals surface area contributed by atoms with E-state index in [0.29, 0.717) is 12.1 Å². The molecule has 0 aromatic heterocycles. The molecule has 1 aliphatic carbocycles. The summed E-state index contributed by atoms with van der Waals surface area (Å²) in [7, 11) is -3.73. The van der Waals surface area contributed by atoms with Gasteiger partial charge in [-0.3, -0.25) is 13.9 Å². The Balaban J connectivity index is 1.88. The number of carbonyl (C=O) groups excluding carboxylic acids is 2. The molecule has 2 aromatic carbocycles. The van der Waals surface area contributed by atoms with E-state index < -0.39 is 22.0 Å². The molecule has 1 N–H and O–H groups in total. The first-order valence-electron chi connectivity index (χ1n) is 11.9. The minimum absolute atomic E-state index is 0.132. The fourth-order valence-corrected chi connectivity index (χ4v) is 5.28. The first-order valence-corrected chi connectivity index (χ1v) is 13.7. The Morgan fingerprint density at radius 1 is 1.03 bits per heavy atom. The Morgan fingerprint density at radius 3 is 2.26 bits per heavy atom. The molecular formula is C26H35N3O4S. The zero-order valence-corrected chi connectivity index (χ0v) is 21.1. The standard InChI is InChI=1S/C26H35N3O4S/c1-4-22-14-8-11-17-24(22)29(34(3,32)33)19-25(30)28(18-21-12-6-5-7-13-21)20(2)26(31)27-23-15-9-10-16-23/h5-8,11-14,17,20,23H,4,9-10,15-16,18-19H2,1-3H3,(H,27,31)/t20-/m1/s1. The summed E-state index contributed by atoms with van der Waals surface area (Å²) < 4.78 is 26.6. The van der Waals surface area contributed by atoms with Crippen molar-refractivity contribution in [2.45, 2.75) is 64.6 Å². The van der Waals surface area contributed by atoms with Gasteiger partial charge in [0, 0.05) is 12.6 Å². The van der Waals surface area contributed by atoms with Crippen LogP contribution in [0.5, 0.6) is 0 Å². The van der Waals surface area contributed by atoms with Gasteiger partial charge >= 0.3 is 0 Å². The molecule has 3 rings (SSSR count). The second kappa shape index (κ2) is 11.5. The second-order valence-electron chi connectivity index (χ2n) is 8.93. The van der Waals surface area contributed by atoms with Crippen LogP contribution in [0, 0.1) is 0 Å². The SMILES string of the molecule is CCc1ccccc1N(CC(=O)N(Cc1ccccc1)[C@H](C)C(=O)NC1CCCC1)S(C)(=O)=O. The van der Waals surface area contributed by atoms with Gasteiger partial charge in [0.05, 0.1) is 11.9 Å². The topological polar surface area (TPSA) is 86.8 Å². The van der Waals surface area contributed by atoms with Crippen molar-refractivity contribution in [3.63, 3.8) is 0 Å². The van der Waals surface area contributed by atoms with Gasteiger partial charge in [0.2, 0.25) is 21.8 Å². The molecular weight excluding hydrogens is 450 g/mol. The van der Waals surface area contributed by atoms with Crippen LogP contribution in [0.3, 0.4) is 0 Å². The lowest BCUT2D eigenvalue weighted by atomic mass is 10.1. The van der Waals surface area contributed by atoms with Crippen LogP contribution >= 0.6 is 0 Å². The molecule has 8 heteroatoms. The number of amides is 2. The molecule has 2 amide bonds. The minimum atomic E-state index is -3.73. The van der Waals surface area contributed by atoms with Crippen molar-refractivity contribution in [3.05, 3.63) is 65.7 Å². The zero-order chi connectivity index (χ0) is 24.7. The molecule has 1 saturated carbocycles. The number of hydrogen-bond donors (Lipinski definition) is 1. The number of sulfonamides is 1. The summed E-state index contributed by atoms with van der Waals surface area (Å²) in [5, 5.41) is 3.07. The molecule has 34 heavy (non-hydrogen) atoms. The second-order valence-corrected chi connectivity index (χ2v) is 10.8. The van der Waals surface area contributed by atoms with E-state index in [0.717, 1.165) is 47.4 Å². The summed E-state index contributed by atoms with van der Waals surface area (Å²) in [6.07, 6.45) is 5.80. The predicted molar refractivity (Wildman–Crippen MR) is 135 cm³/mol. The van der Waals surface area contributed by atoms with Gasteiger partial charge in [0.1, 0.15) is 12.6 Å². The lowest BCUT2D eigenvalue weighted by Gasteiger charge is -2.32. The largest absolute Gasteiger partial charge is 0.352 e. The van der Waals surface area contributed by atoms with Gasteiger partial charge in [-0.15, -0.1) is 0 Å². The molecule has 7 nitrogen and oxygen atoms in total. The third-order valence-electron chi connectivity index (χ3n) is 6.39. The maximum absolute atomic E-state index is 13.6. The number of carbonyl (C=O) groups is 2. The number of aryl methyl sites for hydroxylation is 1. The average Bonchev–Trinajstić information content (AvgIpc) is 3.33. The van der Waals surface area contributed by atoms with Crippen molar-refractivity contribution in [2.75, 3.05) is 17.1 Å². The van der Waals surface area contributed by atoms with Crippen molar-refractivity contribution >= 4 is 27.5 Å². The van der Waals surface area contributed by atoms with Crippen LogP contribution in [0.4, 0.5) is 5.69 Å². The van der Waals surface area contributed by atoms with Gasteiger partial charge in [-0.05, 0) is 43.4 Å². The molecule has 184 valence electrons. The lowest BCUT2D eigenvalue weighted by Crippen LogP contribution is -2.52. The normalized spacial score (nSPS) is 15.0. The van der Waals surface area contributed by atoms with E-state index in [1.807, 2.05) is 49.4 Å². The maximum atomic E-state index is 13.6. The van der Waals surface area contributed by atoms with E-state index in [2.05, 4.69) is 5.32 Å². The molecule has 0 spiro atoms. The molecule has 0 unspecified atom stereocenters. The van der Waals surface area contributed by atoms with E-state index in [4.69, 9.17) is 0 Å². The van der Waals surface area contributed by atoms with Crippen LogP contribution in [-0.2, 0) is 32.6 Å². The smallest absolute Gasteiger partial charge is 0.244 e. The van der Waals surface area contributed by atoms with E-state index in [-0.39, 0.29) is 25.0 Å². The number of anilines is 1. The Morgan fingerprint density at radius 2 is 1.65 bits per heavy atom.